The third-order valence-electron chi connectivity index (χ3n) is 4.51. The van der Waals surface area contributed by atoms with Gasteiger partial charge in [0.15, 0.2) is 0 Å². The van der Waals surface area contributed by atoms with E-state index in [0.717, 1.165) is 36.3 Å². The van der Waals surface area contributed by atoms with Crippen LogP contribution in [-0.2, 0) is 25.1 Å². The Morgan fingerprint density at radius 2 is 2.15 bits per heavy atom. The van der Waals surface area contributed by atoms with E-state index in [2.05, 4.69) is 4.98 Å². The van der Waals surface area contributed by atoms with E-state index >= 15 is 0 Å². The average molecular weight is 391 g/mol. The number of furan rings is 1. The molecule has 0 saturated carbocycles. The molecule has 4 nitrogen and oxygen atoms in total. The van der Waals surface area contributed by atoms with Crippen LogP contribution < -0.4 is 5.69 Å². The molecule has 134 valence electrons. The minimum Gasteiger partial charge on any atom is -0.467 e. The Morgan fingerprint density at radius 1 is 1.27 bits per heavy atom. The van der Waals surface area contributed by atoms with Crippen molar-refractivity contribution in [2.24, 2.45) is 0 Å². The highest BCUT2D eigenvalue weighted by Gasteiger charge is 2.23. The van der Waals surface area contributed by atoms with Gasteiger partial charge in [0.05, 0.1) is 12.8 Å². The Hall–Kier alpha value is -2.05. The van der Waals surface area contributed by atoms with E-state index in [-0.39, 0.29) is 11.5 Å². The van der Waals surface area contributed by atoms with E-state index in [1.165, 1.54) is 17.8 Å². The lowest BCUT2D eigenvalue weighted by Gasteiger charge is -2.13. The van der Waals surface area contributed by atoms with Crippen LogP contribution in [0.5, 0.6) is 0 Å². The van der Waals surface area contributed by atoms with Crippen LogP contribution in [0.1, 0.15) is 29.0 Å². The van der Waals surface area contributed by atoms with Crippen molar-refractivity contribution in [1.29, 1.82) is 0 Å². The van der Waals surface area contributed by atoms with Crippen molar-refractivity contribution in [3.05, 3.63) is 80.5 Å². The van der Waals surface area contributed by atoms with Gasteiger partial charge in [-0.15, -0.1) is 11.8 Å². The van der Waals surface area contributed by atoms with Gasteiger partial charge in [-0.2, -0.15) is 4.98 Å². The van der Waals surface area contributed by atoms with E-state index in [0.29, 0.717) is 27.9 Å². The molecule has 0 amide bonds. The summed E-state index contributed by atoms with van der Waals surface area (Å²) in [6.07, 6.45) is 4.28. The van der Waals surface area contributed by atoms with Crippen molar-refractivity contribution in [1.82, 2.24) is 9.55 Å². The van der Waals surface area contributed by atoms with E-state index < -0.39 is 0 Å². The van der Waals surface area contributed by atoms with Crippen LogP contribution in [0.3, 0.4) is 0 Å². The second kappa shape index (κ2) is 7.29. The molecule has 1 aliphatic carbocycles. The van der Waals surface area contributed by atoms with Crippen LogP contribution in [0, 0.1) is 5.82 Å². The van der Waals surface area contributed by atoms with Gasteiger partial charge >= 0.3 is 5.69 Å². The molecule has 0 unspecified atom stereocenters. The zero-order chi connectivity index (χ0) is 18.1. The third-order valence-corrected chi connectivity index (χ3v) is 5.91. The molecule has 1 aromatic carbocycles. The smallest absolute Gasteiger partial charge is 0.349 e. The van der Waals surface area contributed by atoms with Crippen LogP contribution in [0.2, 0.25) is 5.02 Å². The summed E-state index contributed by atoms with van der Waals surface area (Å²) in [4.78, 5) is 16.8. The van der Waals surface area contributed by atoms with E-state index in [4.69, 9.17) is 16.0 Å². The monoisotopic (exact) mass is 390 g/mol. The fourth-order valence-corrected chi connectivity index (χ4v) is 4.66. The van der Waals surface area contributed by atoms with Gasteiger partial charge in [-0.25, -0.2) is 9.18 Å². The number of fused-ring (bicyclic) bond motifs is 1. The maximum Gasteiger partial charge on any atom is 0.349 e. The molecule has 2 heterocycles. The van der Waals surface area contributed by atoms with Crippen molar-refractivity contribution in [3.63, 3.8) is 0 Å². The molecule has 3 aromatic rings. The predicted octanol–water partition coefficient (Wildman–Crippen LogP) is 4.46. The minimum absolute atomic E-state index is 0.302. The summed E-state index contributed by atoms with van der Waals surface area (Å²) in [6, 6.07) is 8.28. The lowest BCUT2D eigenvalue weighted by atomic mass is 10.2. The van der Waals surface area contributed by atoms with E-state index in [1.54, 1.807) is 29.0 Å². The first-order chi connectivity index (χ1) is 12.6. The molecule has 4 rings (SSSR count). The Bertz CT molecular complexity index is 981. The molecule has 0 radical (unpaired) electrons. The summed E-state index contributed by atoms with van der Waals surface area (Å²) < 4.78 is 21.0. The molecule has 0 spiro atoms. The van der Waals surface area contributed by atoms with Crippen LogP contribution >= 0.6 is 23.4 Å². The predicted molar refractivity (Wildman–Crippen MR) is 99.3 cm³/mol. The van der Waals surface area contributed by atoms with Crippen LogP contribution in [0.15, 0.2) is 50.8 Å². The number of halogens is 2. The molecule has 2 aromatic heterocycles. The molecule has 0 aliphatic heterocycles. The van der Waals surface area contributed by atoms with Gasteiger partial charge in [0.25, 0.3) is 0 Å². The lowest BCUT2D eigenvalue weighted by molar-refractivity contribution is 0.481. The molecular formula is C19H16ClFN2O2S. The Morgan fingerprint density at radius 3 is 2.92 bits per heavy atom. The number of hydrogen-bond acceptors (Lipinski definition) is 4. The normalized spacial score (nSPS) is 13.2. The lowest BCUT2D eigenvalue weighted by Crippen LogP contribution is -2.27. The first kappa shape index (κ1) is 17.4. The molecule has 0 atom stereocenters. The highest BCUT2D eigenvalue weighted by molar-refractivity contribution is 7.98. The number of benzene rings is 1. The van der Waals surface area contributed by atoms with Crippen molar-refractivity contribution < 1.29 is 8.81 Å². The van der Waals surface area contributed by atoms with Crippen molar-refractivity contribution in [2.75, 3.05) is 0 Å². The largest absolute Gasteiger partial charge is 0.467 e. The van der Waals surface area contributed by atoms with Gasteiger partial charge in [-0.3, -0.25) is 4.57 Å². The first-order valence-electron chi connectivity index (χ1n) is 8.34. The Labute approximate surface area is 159 Å². The van der Waals surface area contributed by atoms with Gasteiger partial charge in [0, 0.05) is 27.6 Å². The molecule has 0 N–H and O–H groups in total. The van der Waals surface area contributed by atoms with Gasteiger partial charge < -0.3 is 4.42 Å². The standard InChI is InChI=1S/C19H16ClFN2O2S/c20-15-6-2-7-16(21)14(15)11-26-18-13-5-1-8-17(13)23(19(24)22-18)10-12-4-3-9-25-12/h2-4,6-7,9H,1,5,8,10-11H2. The second-order valence-corrected chi connectivity index (χ2v) is 7.50. The molecular weight excluding hydrogens is 375 g/mol. The maximum absolute atomic E-state index is 14.0. The molecule has 7 heteroatoms. The van der Waals surface area contributed by atoms with Crippen molar-refractivity contribution in [2.45, 2.75) is 36.6 Å². The summed E-state index contributed by atoms with van der Waals surface area (Å²) in [5.74, 6) is 0.724. The maximum atomic E-state index is 14.0. The van der Waals surface area contributed by atoms with Crippen LogP contribution in [-0.4, -0.2) is 9.55 Å². The SMILES string of the molecule is O=c1nc(SCc2c(F)cccc2Cl)c2c(n1Cc1ccco1)CCC2. The quantitative estimate of drug-likeness (QED) is 0.476. The van der Waals surface area contributed by atoms with Crippen LogP contribution in [0.25, 0.3) is 0 Å². The first-order valence-corrected chi connectivity index (χ1v) is 9.70. The summed E-state index contributed by atoms with van der Waals surface area (Å²) >= 11 is 7.46. The Balaban J connectivity index is 1.65. The van der Waals surface area contributed by atoms with Gasteiger partial charge in [0.1, 0.15) is 16.6 Å². The fourth-order valence-electron chi connectivity index (χ4n) is 3.24. The van der Waals surface area contributed by atoms with Gasteiger partial charge in [-0.05, 0) is 43.5 Å². The minimum atomic E-state index is -0.340. The molecule has 26 heavy (non-hydrogen) atoms. The Kier molecular flexibility index (Phi) is 4.87. The number of rotatable bonds is 5. The topological polar surface area (TPSA) is 48.0 Å². The van der Waals surface area contributed by atoms with E-state index in [1.807, 2.05) is 6.07 Å². The zero-order valence-corrected chi connectivity index (χ0v) is 15.4. The molecule has 1 aliphatic rings. The highest BCUT2D eigenvalue weighted by Crippen LogP contribution is 2.33. The molecule has 0 saturated heterocycles. The third kappa shape index (κ3) is 3.31. The summed E-state index contributed by atoms with van der Waals surface area (Å²) in [5, 5.41) is 1.07. The van der Waals surface area contributed by atoms with Gasteiger partial charge in [-0.1, -0.05) is 17.7 Å². The van der Waals surface area contributed by atoms with Crippen molar-refractivity contribution >= 4 is 23.4 Å². The number of aromatic nitrogens is 2. The molecule has 0 bridgehead atoms. The molecule has 0 fully saturated rings. The number of thioether (sulfide) groups is 1. The zero-order valence-electron chi connectivity index (χ0n) is 13.9. The number of hydrogen-bond donors (Lipinski definition) is 0. The summed E-state index contributed by atoms with van der Waals surface area (Å²) in [7, 11) is 0. The summed E-state index contributed by atoms with van der Waals surface area (Å²) in [6.45, 7) is 0.380. The average Bonchev–Trinajstić information content (AvgIpc) is 3.29. The van der Waals surface area contributed by atoms with Crippen LogP contribution in [0.4, 0.5) is 4.39 Å². The van der Waals surface area contributed by atoms with E-state index in [9.17, 15) is 9.18 Å². The van der Waals surface area contributed by atoms with Gasteiger partial charge in [0.2, 0.25) is 0 Å². The second-order valence-electron chi connectivity index (χ2n) is 6.13. The van der Waals surface area contributed by atoms with Crippen molar-refractivity contribution in [3.8, 4) is 0 Å². The summed E-state index contributed by atoms with van der Waals surface area (Å²) in [5.41, 5.74) is 2.22. The highest BCUT2D eigenvalue weighted by atomic mass is 35.5. The number of nitrogens with zero attached hydrogens (tertiary/aromatic N) is 2. The fraction of sp³-hybridized carbons (Fsp3) is 0.263.